The number of aliphatic hydroxyl groups excluding tert-OH is 1. The molecule has 0 bridgehead atoms. The van der Waals surface area contributed by atoms with E-state index in [9.17, 15) is 19.4 Å². The first kappa shape index (κ1) is 21.0. The maximum absolute atomic E-state index is 12.3. The number of H-pyrrole nitrogens is 1. The lowest BCUT2D eigenvalue weighted by Gasteiger charge is -2.48. The summed E-state index contributed by atoms with van der Waals surface area (Å²) in [6.45, 7) is 0.103. The minimum absolute atomic E-state index is 0.00509. The average molecular weight is 458 g/mol. The first-order valence-electron chi connectivity index (χ1n) is 9.21. The molecule has 1 saturated carbocycles. The number of nitrogens with two attached hydrogens (primary N) is 1. The Bertz CT molecular complexity index is 1030. The molecule has 2 heterocycles. The third-order valence-corrected chi connectivity index (χ3v) is 6.53. The Morgan fingerprint density at radius 2 is 2.10 bits per heavy atom. The highest BCUT2D eigenvalue weighted by molar-refractivity contribution is 7.47. The number of rotatable bonds is 7. The van der Waals surface area contributed by atoms with Crippen LogP contribution < -0.4 is 26.0 Å². The molecule has 0 radical (unpaired) electrons. The molecular weight excluding hydrogens is 437 g/mol. The molecule has 2 aromatic rings. The number of phosphoric ester groups is 1. The van der Waals surface area contributed by atoms with Gasteiger partial charge in [-0.05, 0) is 36.6 Å². The number of aromatic nitrogens is 2. The highest BCUT2D eigenvalue weighted by atomic mass is 35.5. The number of aliphatic hydroxyl groups is 1. The van der Waals surface area contributed by atoms with E-state index in [1.165, 1.54) is 24.3 Å². The van der Waals surface area contributed by atoms with Crippen LogP contribution in [0.25, 0.3) is 0 Å². The van der Waals surface area contributed by atoms with E-state index in [1.807, 2.05) is 4.90 Å². The molecule has 30 heavy (non-hydrogen) atoms. The van der Waals surface area contributed by atoms with Gasteiger partial charge in [-0.15, -0.1) is 0 Å². The summed E-state index contributed by atoms with van der Waals surface area (Å²) in [7, 11) is -4.39. The maximum atomic E-state index is 12.3. The van der Waals surface area contributed by atoms with Crippen LogP contribution in [0.1, 0.15) is 6.42 Å². The van der Waals surface area contributed by atoms with Gasteiger partial charge in [-0.25, -0.2) is 4.57 Å². The molecule has 1 aromatic heterocycles. The molecule has 0 spiro atoms. The topological polar surface area (TPSA) is 163 Å². The summed E-state index contributed by atoms with van der Waals surface area (Å²) < 4.78 is 22.6. The normalized spacial score (nSPS) is 24.5. The fraction of sp³-hybridized carbons (Fsp3) is 0.412. The van der Waals surface area contributed by atoms with E-state index in [1.54, 1.807) is 0 Å². The molecule has 0 saturated heterocycles. The smallest absolute Gasteiger partial charge is 0.404 e. The molecular formula is C17H21ClN5O6P. The minimum atomic E-state index is -4.39. The predicted molar refractivity (Wildman–Crippen MR) is 111 cm³/mol. The van der Waals surface area contributed by atoms with E-state index >= 15 is 0 Å². The zero-order valence-electron chi connectivity index (χ0n) is 15.7. The van der Waals surface area contributed by atoms with Crippen LogP contribution in [0.4, 0.5) is 17.5 Å². The molecule has 4 atom stereocenters. The number of hydrogen-bond donors (Lipinski definition) is 5. The number of nitrogens with zero attached hydrogens (tertiary/aromatic N) is 2. The lowest BCUT2D eigenvalue weighted by Crippen LogP contribution is -2.55. The molecule has 0 amide bonds. The van der Waals surface area contributed by atoms with Crippen molar-refractivity contribution >= 4 is 36.9 Å². The van der Waals surface area contributed by atoms with Gasteiger partial charge in [0.2, 0.25) is 5.95 Å². The zero-order valence-corrected chi connectivity index (χ0v) is 17.3. The molecule has 1 fully saturated rings. The van der Waals surface area contributed by atoms with Gasteiger partial charge < -0.3 is 25.6 Å². The third-order valence-electron chi connectivity index (χ3n) is 5.36. The summed E-state index contributed by atoms with van der Waals surface area (Å²) >= 11 is 5.79. The number of nitrogen functional groups attached to an aromatic ring is 1. The van der Waals surface area contributed by atoms with Gasteiger partial charge in [0.15, 0.2) is 5.82 Å². The van der Waals surface area contributed by atoms with Gasteiger partial charge in [0.1, 0.15) is 11.4 Å². The average Bonchev–Trinajstić information content (AvgIpc) is 3.07. The van der Waals surface area contributed by atoms with Gasteiger partial charge in [-0.2, -0.15) is 4.98 Å². The molecule has 4 unspecified atom stereocenters. The summed E-state index contributed by atoms with van der Waals surface area (Å²) in [5.41, 5.74) is 5.60. The van der Waals surface area contributed by atoms with Crippen molar-refractivity contribution in [2.45, 2.75) is 12.5 Å². The number of anilines is 3. The van der Waals surface area contributed by atoms with Crippen molar-refractivity contribution in [3.8, 4) is 5.75 Å². The Morgan fingerprint density at radius 1 is 1.37 bits per heavy atom. The van der Waals surface area contributed by atoms with Crippen molar-refractivity contribution in [2.24, 2.45) is 11.8 Å². The van der Waals surface area contributed by atoms with Crippen LogP contribution in [0.3, 0.4) is 0 Å². The fourth-order valence-electron chi connectivity index (χ4n) is 3.79. The van der Waals surface area contributed by atoms with E-state index in [0.717, 1.165) is 0 Å². The standard InChI is InChI=1S/C17H21ClN5O6P/c18-10-1-3-11(4-2-10)29-30(26,27)28-7-12-9(6-24)5-13(12)23-8-20-14-15(23)21-17(19)22-16(14)25/h1-4,9,12-13,20,24H,5-8H2,(H,26,27)(H3,19,21,22,25). The molecule has 4 rings (SSSR count). The Morgan fingerprint density at radius 3 is 2.80 bits per heavy atom. The molecule has 13 heteroatoms. The van der Waals surface area contributed by atoms with Gasteiger partial charge in [-0.1, -0.05) is 11.6 Å². The van der Waals surface area contributed by atoms with Crippen LogP contribution in [0.2, 0.25) is 5.02 Å². The first-order chi connectivity index (χ1) is 14.3. The van der Waals surface area contributed by atoms with E-state index in [2.05, 4.69) is 15.3 Å². The van der Waals surface area contributed by atoms with E-state index in [-0.39, 0.29) is 48.3 Å². The van der Waals surface area contributed by atoms with E-state index in [0.29, 0.717) is 29.6 Å². The Kier molecular flexibility index (Phi) is 5.65. The summed E-state index contributed by atoms with van der Waals surface area (Å²) in [5.74, 6) is 0.140. The molecule has 1 aliphatic heterocycles. The van der Waals surface area contributed by atoms with Crippen LogP contribution in [-0.4, -0.2) is 45.9 Å². The largest absolute Gasteiger partial charge is 0.527 e. The van der Waals surface area contributed by atoms with Gasteiger partial charge in [0.25, 0.3) is 5.56 Å². The summed E-state index contributed by atoms with van der Waals surface area (Å²) in [4.78, 5) is 30.6. The number of aromatic amines is 1. The first-order valence-corrected chi connectivity index (χ1v) is 11.1. The second-order valence-electron chi connectivity index (χ2n) is 7.17. The van der Waals surface area contributed by atoms with Crippen molar-refractivity contribution < 1.29 is 23.6 Å². The van der Waals surface area contributed by atoms with Crippen molar-refractivity contribution in [3.05, 3.63) is 39.6 Å². The van der Waals surface area contributed by atoms with Gasteiger partial charge in [0.05, 0.1) is 13.3 Å². The van der Waals surface area contributed by atoms with Gasteiger partial charge in [0, 0.05) is 23.6 Å². The quantitative estimate of drug-likeness (QED) is 0.384. The van der Waals surface area contributed by atoms with Gasteiger partial charge >= 0.3 is 7.82 Å². The summed E-state index contributed by atoms with van der Waals surface area (Å²) in [5, 5.41) is 13.1. The molecule has 1 aliphatic carbocycles. The van der Waals surface area contributed by atoms with Crippen LogP contribution in [0.5, 0.6) is 5.75 Å². The highest BCUT2D eigenvalue weighted by Gasteiger charge is 2.47. The second-order valence-corrected chi connectivity index (χ2v) is 8.99. The minimum Gasteiger partial charge on any atom is -0.404 e. The Balaban J connectivity index is 1.45. The second kappa shape index (κ2) is 8.09. The molecule has 2 aliphatic rings. The van der Waals surface area contributed by atoms with Crippen molar-refractivity contribution in [1.29, 1.82) is 0 Å². The number of hydrogen-bond acceptors (Lipinski definition) is 9. The molecule has 162 valence electrons. The number of halogens is 1. The Hall–Kier alpha value is -2.30. The summed E-state index contributed by atoms with van der Waals surface area (Å²) in [6, 6.07) is 5.80. The lowest BCUT2D eigenvalue weighted by atomic mass is 9.69. The number of fused-ring (bicyclic) bond motifs is 1. The summed E-state index contributed by atoms with van der Waals surface area (Å²) in [6.07, 6.45) is 0.605. The van der Waals surface area contributed by atoms with Crippen LogP contribution >= 0.6 is 19.4 Å². The van der Waals surface area contributed by atoms with Crippen molar-refractivity contribution in [3.63, 3.8) is 0 Å². The van der Waals surface area contributed by atoms with E-state index in [4.69, 9.17) is 26.4 Å². The predicted octanol–water partition coefficient (Wildman–Crippen LogP) is 1.39. The van der Waals surface area contributed by atoms with Crippen LogP contribution in [0, 0.1) is 11.8 Å². The molecule has 6 N–H and O–H groups in total. The number of benzene rings is 1. The Labute approximate surface area is 176 Å². The van der Waals surface area contributed by atoms with E-state index < -0.39 is 7.82 Å². The fourth-order valence-corrected chi connectivity index (χ4v) is 4.72. The van der Waals surface area contributed by atoms with Crippen LogP contribution in [0.15, 0.2) is 29.1 Å². The molecule has 1 aromatic carbocycles. The SMILES string of the molecule is Nc1nc2c(c(=O)[nH]1)NCN2C1CC(CO)C1COP(=O)(O)Oc1ccc(Cl)cc1. The maximum Gasteiger partial charge on any atom is 0.527 e. The molecule has 11 nitrogen and oxygen atoms in total. The van der Waals surface area contributed by atoms with Crippen molar-refractivity contribution in [1.82, 2.24) is 9.97 Å². The zero-order chi connectivity index (χ0) is 21.5. The van der Waals surface area contributed by atoms with Crippen molar-refractivity contribution in [2.75, 3.05) is 35.8 Å². The number of phosphoric acid groups is 1. The lowest BCUT2D eigenvalue weighted by molar-refractivity contribution is 0.0217. The van der Waals surface area contributed by atoms with Gasteiger partial charge in [-0.3, -0.25) is 19.2 Å². The monoisotopic (exact) mass is 457 g/mol. The van der Waals surface area contributed by atoms with Crippen LogP contribution in [-0.2, 0) is 9.09 Å². The highest BCUT2D eigenvalue weighted by Crippen LogP contribution is 2.48. The number of nitrogens with one attached hydrogen (secondary N) is 2. The third kappa shape index (κ3) is 4.12.